The van der Waals surface area contributed by atoms with Gasteiger partial charge in [-0.3, -0.25) is 4.79 Å². The van der Waals surface area contributed by atoms with Crippen LogP contribution in [0.3, 0.4) is 0 Å². The van der Waals surface area contributed by atoms with E-state index in [1.165, 1.54) is 0 Å². The summed E-state index contributed by atoms with van der Waals surface area (Å²) in [5.41, 5.74) is 7.49. The number of amides is 1. The van der Waals surface area contributed by atoms with Crippen molar-refractivity contribution in [3.8, 4) is 0 Å². The summed E-state index contributed by atoms with van der Waals surface area (Å²) in [6.07, 6.45) is 3.82. The minimum absolute atomic E-state index is 0.0637. The third-order valence-corrected chi connectivity index (χ3v) is 3.25. The van der Waals surface area contributed by atoms with Gasteiger partial charge >= 0.3 is 0 Å². The van der Waals surface area contributed by atoms with Crippen LogP contribution in [0.4, 0.5) is 5.69 Å². The summed E-state index contributed by atoms with van der Waals surface area (Å²) in [6.45, 7) is 1.34. The second-order valence-corrected chi connectivity index (χ2v) is 4.65. The molecule has 1 aromatic carbocycles. The average molecular weight is 248 g/mol. The fourth-order valence-corrected chi connectivity index (χ4v) is 2.14. The summed E-state index contributed by atoms with van der Waals surface area (Å²) in [4.78, 5) is 11.7. The monoisotopic (exact) mass is 248 g/mol. The number of anilines is 1. The number of benzene rings is 1. The average Bonchev–Trinajstić information content (AvgIpc) is 2.88. The van der Waals surface area contributed by atoms with Gasteiger partial charge in [-0.1, -0.05) is 18.2 Å². The Labute approximate surface area is 108 Å². The molecule has 0 aliphatic carbocycles. The number of rotatable bonds is 5. The van der Waals surface area contributed by atoms with Crippen LogP contribution in [0, 0.1) is 0 Å². The van der Waals surface area contributed by atoms with E-state index in [1.54, 1.807) is 0 Å². The Kier molecular flexibility index (Phi) is 4.59. The van der Waals surface area contributed by atoms with E-state index in [4.69, 9.17) is 10.5 Å². The molecule has 1 fully saturated rings. The molecule has 0 spiro atoms. The molecular weight excluding hydrogens is 228 g/mol. The number of ether oxygens (including phenoxy) is 1. The Morgan fingerprint density at radius 1 is 1.44 bits per heavy atom. The van der Waals surface area contributed by atoms with Crippen LogP contribution in [0.25, 0.3) is 0 Å². The van der Waals surface area contributed by atoms with Gasteiger partial charge in [-0.25, -0.2) is 0 Å². The van der Waals surface area contributed by atoms with Crippen LogP contribution in [0.2, 0.25) is 0 Å². The number of nitrogen functional groups attached to an aromatic ring is 1. The first-order chi connectivity index (χ1) is 8.75. The maximum absolute atomic E-state index is 11.7. The van der Waals surface area contributed by atoms with E-state index in [0.717, 1.165) is 37.1 Å². The van der Waals surface area contributed by atoms with Crippen molar-refractivity contribution < 1.29 is 9.53 Å². The van der Waals surface area contributed by atoms with Crippen LogP contribution in [0.15, 0.2) is 24.3 Å². The van der Waals surface area contributed by atoms with Gasteiger partial charge in [0.2, 0.25) is 5.91 Å². The van der Waals surface area contributed by atoms with E-state index in [-0.39, 0.29) is 12.0 Å². The van der Waals surface area contributed by atoms with Gasteiger partial charge in [0.05, 0.1) is 6.10 Å². The highest BCUT2D eigenvalue weighted by Gasteiger charge is 2.16. The first kappa shape index (κ1) is 12.9. The highest BCUT2D eigenvalue weighted by Crippen LogP contribution is 2.16. The van der Waals surface area contributed by atoms with Gasteiger partial charge in [-0.2, -0.15) is 0 Å². The summed E-state index contributed by atoms with van der Waals surface area (Å²) in [5.74, 6) is 0.0637. The molecule has 1 atom stereocenters. The van der Waals surface area contributed by atoms with Gasteiger partial charge in [-0.05, 0) is 30.9 Å². The molecule has 1 heterocycles. The van der Waals surface area contributed by atoms with Crippen LogP contribution in [-0.2, 0) is 16.1 Å². The minimum Gasteiger partial charge on any atom is -0.398 e. The molecule has 1 amide bonds. The van der Waals surface area contributed by atoms with Crippen LogP contribution < -0.4 is 11.1 Å². The Balaban J connectivity index is 1.69. The Bertz CT molecular complexity index is 401. The maximum Gasteiger partial charge on any atom is 0.220 e. The van der Waals surface area contributed by atoms with Crippen molar-refractivity contribution >= 4 is 11.6 Å². The third-order valence-electron chi connectivity index (χ3n) is 3.25. The van der Waals surface area contributed by atoms with Crippen LogP contribution in [-0.4, -0.2) is 18.6 Å². The number of nitrogens with one attached hydrogen (secondary N) is 1. The number of hydrogen-bond donors (Lipinski definition) is 2. The summed E-state index contributed by atoms with van der Waals surface area (Å²) >= 11 is 0. The molecule has 0 radical (unpaired) electrons. The quantitative estimate of drug-likeness (QED) is 0.781. The normalized spacial score (nSPS) is 18.8. The van der Waals surface area contributed by atoms with Crippen molar-refractivity contribution in [3.05, 3.63) is 29.8 Å². The number of carbonyl (C=O) groups is 1. The van der Waals surface area contributed by atoms with Crippen molar-refractivity contribution in [2.75, 3.05) is 12.3 Å². The lowest BCUT2D eigenvalue weighted by atomic mass is 10.1. The number of hydrogen-bond acceptors (Lipinski definition) is 3. The van der Waals surface area contributed by atoms with Gasteiger partial charge in [0.1, 0.15) is 0 Å². The number of para-hydroxylation sites is 1. The molecule has 0 saturated carbocycles. The van der Waals surface area contributed by atoms with Gasteiger partial charge < -0.3 is 15.8 Å². The molecule has 98 valence electrons. The minimum atomic E-state index is 0.0637. The summed E-state index contributed by atoms with van der Waals surface area (Å²) in [6, 6.07) is 7.58. The smallest absolute Gasteiger partial charge is 0.220 e. The standard InChI is InChI=1S/C14H20N2O2/c15-13-6-2-1-4-11(13)10-16-14(17)8-7-12-5-3-9-18-12/h1-2,4,6,12H,3,5,7-10,15H2,(H,16,17). The Morgan fingerprint density at radius 3 is 3.00 bits per heavy atom. The van der Waals surface area contributed by atoms with E-state index in [9.17, 15) is 4.79 Å². The van der Waals surface area contributed by atoms with E-state index in [0.29, 0.717) is 13.0 Å². The summed E-state index contributed by atoms with van der Waals surface area (Å²) < 4.78 is 5.49. The van der Waals surface area contributed by atoms with Crippen molar-refractivity contribution in [3.63, 3.8) is 0 Å². The van der Waals surface area contributed by atoms with E-state index in [2.05, 4.69) is 5.32 Å². The largest absolute Gasteiger partial charge is 0.398 e. The molecule has 1 aromatic rings. The molecule has 3 N–H and O–H groups in total. The van der Waals surface area contributed by atoms with Crippen molar-refractivity contribution in [2.45, 2.75) is 38.3 Å². The molecule has 0 bridgehead atoms. The van der Waals surface area contributed by atoms with Crippen LogP contribution in [0.5, 0.6) is 0 Å². The zero-order valence-corrected chi connectivity index (χ0v) is 10.5. The lowest BCUT2D eigenvalue weighted by molar-refractivity contribution is -0.121. The Morgan fingerprint density at radius 2 is 2.28 bits per heavy atom. The van der Waals surface area contributed by atoms with Crippen molar-refractivity contribution in [1.29, 1.82) is 0 Å². The zero-order valence-electron chi connectivity index (χ0n) is 10.5. The lowest BCUT2D eigenvalue weighted by Gasteiger charge is -2.10. The lowest BCUT2D eigenvalue weighted by Crippen LogP contribution is -2.24. The maximum atomic E-state index is 11.7. The van der Waals surface area contributed by atoms with Gasteiger partial charge in [0.25, 0.3) is 0 Å². The van der Waals surface area contributed by atoms with Gasteiger partial charge in [0.15, 0.2) is 0 Å². The number of carbonyl (C=O) groups excluding carboxylic acids is 1. The molecule has 18 heavy (non-hydrogen) atoms. The molecule has 1 saturated heterocycles. The highest BCUT2D eigenvalue weighted by molar-refractivity contribution is 5.76. The fourth-order valence-electron chi connectivity index (χ4n) is 2.14. The SMILES string of the molecule is Nc1ccccc1CNC(=O)CCC1CCCO1. The van der Waals surface area contributed by atoms with E-state index in [1.807, 2.05) is 24.3 Å². The molecule has 1 aliphatic rings. The van der Waals surface area contributed by atoms with E-state index >= 15 is 0 Å². The second kappa shape index (κ2) is 6.40. The zero-order chi connectivity index (χ0) is 12.8. The van der Waals surface area contributed by atoms with Gasteiger partial charge in [0, 0.05) is 25.3 Å². The predicted molar refractivity (Wildman–Crippen MR) is 70.9 cm³/mol. The molecule has 4 heteroatoms. The van der Waals surface area contributed by atoms with Crippen LogP contribution in [0.1, 0.15) is 31.2 Å². The first-order valence-corrected chi connectivity index (χ1v) is 6.47. The molecule has 1 unspecified atom stereocenters. The summed E-state index contributed by atoms with van der Waals surface area (Å²) in [7, 11) is 0. The first-order valence-electron chi connectivity index (χ1n) is 6.47. The molecular formula is C14H20N2O2. The Hall–Kier alpha value is -1.55. The molecule has 2 rings (SSSR count). The topological polar surface area (TPSA) is 64.3 Å². The molecule has 4 nitrogen and oxygen atoms in total. The van der Waals surface area contributed by atoms with Gasteiger partial charge in [-0.15, -0.1) is 0 Å². The molecule has 1 aliphatic heterocycles. The van der Waals surface area contributed by atoms with Crippen molar-refractivity contribution in [2.24, 2.45) is 0 Å². The number of nitrogens with two attached hydrogens (primary N) is 1. The summed E-state index contributed by atoms with van der Waals surface area (Å²) in [5, 5.41) is 2.89. The van der Waals surface area contributed by atoms with Crippen LogP contribution >= 0.6 is 0 Å². The third kappa shape index (κ3) is 3.74. The fraction of sp³-hybridized carbons (Fsp3) is 0.500. The second-order valence-electron chi connectivity index (χ2n) is 4.65. The highest BCUT2D eigenvalue weighted by atomic mass is 16.5. The molecule has 0 aromatic heterocycles. The van der Waals surface area contributed by atoms with Crippen molar-refractivity contribution in [1.82, 2.24) is 5.32 Å². The predicted octanol–water partition coefficient (Wildman–Crippen LogP) is 1.84. The van der Waals surface area contributed by atoms with E-state index < -0.39 is 0 Å².